The molecular weight excluding hydrogens is 252 g/mol. The Morgan fingerprint density at radius 2 is 1.95 bits per heavy atom. The van der Waals surface area contributed by atoms with Gasteiger partial charge in [-0.2, -0.15) is 5.10 Å². The summed E-state index contributed by atoms with van der Waals surface area (Å²) in [6, 6.07) is 12.7. The number of para-hydroxylation sites is 1. The zero-order valence-electron chi connectivity index (χ0n) is 11.0. The Morgan fingerprint density at radius 1 is 1.10 bits per heavy atom. The third-order valence-electron chi connectivity index (χ3n) is 3.44. The van der Waals surface area contributed by atoms with E-state index in [-0.39, 0.29) is 11.5 Å². The van der Waals surface area contributed by atoms with Gasteiger partial charge >= 0.3 is 0 Å². The van der Waals surface area contributed by atoms with Crippen molar-refractivity contribution in [3.05, 3.63) is 53.6 Å². The van der Waals surface area contributed by atoms with Crippen LogP contribution in [0.5, 0.6) is 11.5 Å². The number of aryl methyl sites for hydroxylation is 1. The van der Waals surface area contributed by atoms with Gasteiger partial charge in [-0.15, -0.1) is 0 Å². The number of hydrogen-bond acceptors (Lipinski definition) is 4. The number of benzene rings is 2. The van der Waals surface area contributed by atoms with Crippen molar-refractivity contribution in [1.29, 1.82) is 0 Å². The van der Waals surface area contributed by atoms with Crippen molar-refractivity contribution in [3.63, 3.8) is 0 Å². The maximum atomic E-state index is 9.75. The van der Waals surface area contributed by atoms with Gasteiger partial charge in [0, 0.05) is 18.2 Å². The first-order valence-corrected chi connectivity index (χ1v) is 6.65. The fourth-order valence-electron chi connectivity index (χ4n) is 2.41. The molecular formula is C16H16N2O2. The molecule has 2 aromatic rings. The van der Waals surface area contributed by atoms with Crippen molar-refractivity contribution in [1.82, 2.24) is 0 Å². The highest BCUT2D eigenvalue weighted by Gasteiger charge is 2.14. The summed E-state index contributed by atoms with van der Waals surface area (Å²) >= 11 is 0. The van der Waals surface area contributed by atoms with Gasteiger partial charge in [0.1, 0.15) is 11.5 Å². The normalized spacial score (nSPS) is 14.5. The highest BCUT2D eigenvalue weighted by Crippen LogP contribution is 2.27. The van der Waals surface area contributed by atoms with Gasteiger partial charge in [-0.05, 0) is 36.6 Å². The lowest BCUT2D eigenvalue weighted by molar-refractivity contribution is 0.450. The van der Waals surface area contributed by atoms with Gasteiger partial charge < -0.3 is 10.2 Å². The van der Waals surface area contributed by atoms with Gasteiger partial charge in [0.15, 0.2) is 0 Å². The van der Waals surface area contributed by atoms with Gasteiger partial charge in [0.25, 0.3) is 0 Å². The number of nitrogens with zero attached hydrogens (tertiary/aromatic N) is 2. The average molecular weight is 268 g/mol. The molecule has 0 aromatic heterocycles. The van der Waals surface area contributed by atoms with E-state index in [0.717, 1.165) is 25.1 Å². The second-order valence-corrected chi connectivity index (χ2v) is 4.84. The number of aromatic hydroxyl groups is 2. The van der Waals surface area contributed by atoms with E-state index in [1.165, 1.54) is 17.7 Å². The highest BCUT2D eigenvalue weighted by molar-refractivity contribution is 5.84. The molecule has 3 rings (SSSR count). The van der Waals surface area contributed by atoms with Crippen molar-refractivity contribution >= 4 is 11.9 Å². The van der Waals surface area contributed by atoms with E-state index in [4.69, 9.17) is 0 Å². The van der Waals surface area contributed by atoms with Crippen LogP contribution in [0, 0.1) is 0 Å². The molecule has 0 radical (unpaired) electrons. The molecule has 0 spiro atoms. The Morgan fingerprint density at radius 3 is 2.80 bits per heavy atom. The molecule has 2 N–H and O–H groups in total. The molecule has 0 atom stereocenters. The van der Waals surface area contributed by atoms with Crippen LogP contribution in [0.25, 0.3) is 0 Å². The molecule has 0 fully saturated rings. The van der Waals surface area contributed by atoms with Gasteiger partial charge in [0.2, 0.25) is 0 Å². The van der Waals surface area contributed by atoms with Crippen molar-refractivity contribution in [3.8, 4) is 11.5 Å². The smallest absolute Gasteiger partial charge is 0.128 e. The lowest BCUT2D eigenvalue weighted by atomic mass is 10.0. The first kappa shape index (κ1) is 12.5. The predicted molar refractivity (Wildman–Crippen MR) is 79.5 cm³/mol. The summed E-state index contributed by atoms with van der Waals surface area (Å²) in [6.45, 7) is 0.867. The van der Waals surface area contributed by atoms with E-state index in [2.05, 4.69) is 17.2 Å². The topological polar surface area (TPSA) is 56.1 Å². The monoisotopic (exact) mass is 268 g/mol. The Bertz CT molecular complexity index is 653. The molecule has 0 saturated heterocycles. The van der Waals surface area contributed by atoms with Gasteiger partial charge in [-0.25, -0.2) is 0 Å². The molecule has 4 nitrogen and oxygen atoms in total. The van der Waals surface area contributed by atoms with Crippen LogP contribution in [0.15, 0.2) is 47.6 Å². The molecule has 1 aliphatic rings. The molecule has 1 heterocycles. The van der Waals surface area contributed by atoms with E-state index in [1.54, 1.807) is 12.3 Å². The van der Waals surface area contributed by atoms with Crippen molar-refractivity contribution < 1.29 is 10.2 Å². The lowest BCUT2D eigenvalue weighted by Gasteiger charge is -2.26. The summed E-state index contributed by atoms with van der Waals surface area (Å²) in [5.74, 6) is 0.0713. The summed E-state index contributed by atoms with van der Waals surface area (Å²) in [4.78, 5) is 0. The SMILES string of the molecule is Oc1ccc(C=NN2CCCc3ccccc32)c(O)c1. The predicted octanol–water partition coefficient (Wildman–Crippen LogP) is 2.88. The van der Waals surface area contributed by atoms with Crippen LogP contribution >= 0.6 is 0 Å². The van der Waals surface area contributed by atoms with E-state index >= 15 is 0 Å². The Kier molecular flexibility index (Phi) is 3.29. The third-order valence-corrected chi connectivity index (χ3v) is 3.44. The van der Waals surface area contributed by atoms with Crippen LogP contribution in [-0.4, -0.2) is 23.0 Å². The molecule has 0 unspecified atom stereocenters. The van der Waals surface area contributed by atoms with Crippen LogP contribution in [-0.2, 0) is 6.42 Å². The zero-order valence-corrected chi connectivity index (χ0v) is 11.0. The quantitative estimate of drug-likeness (QED) is 0.823. The fraction of sp³-hybridized carbons (Fsp3) is 0.188. The number of hydrogen-bond donors (Lipinski definition) is 2. The summed E-state index contributed by atoms with van der Waals surface area (Å²) in [5, 5.41) is 25.4. The highest BCUT2D eigenvalue weighted by atomic mass is 16.3. The standard InChI is InChI=1S/C16H16N2O2/c19-14-8-7-13(16(20)10-14)11-17-18-9-3-5-12-4-1-2-6-15(12)18/h1-2,4,6-8,10-11,19-20H,3,5,9H2. The third kappa shape index (κ3) is 2.45. The second-order valence-electron chi connectivity index (χ2n) is 4.84. The molecule has 0 aliphatic carbocycles. The van der Waals surface area contributed by atoms with E-state index in [9.17, 15) is 10.2 Å². The number of fused-ring (bicyclic) bond motifs is 1. The molecule has 2 aromatic carbocycles. The van der Waals surface area contributed by atoms with Gasteiger partial charge in [-0.3, -0.25) is 5.01 Å². The summed E-state index contributed by atoms with van der Waals surface area (Å²) in [5.41, 5.74) is 3.00. The minimum absolute atomic E-state index is 0.0269. The Balaban J connectivity index is 1.87. The fourth-order valence-corrected chi connectivity index (χ4v) is 2.41. The van der Waals surface area contributed by atoms with Crippen LogP contribution in [0.2, 0.25) is 0 Å². The minimum atomic E-state index is 0.0269. The van der Waals surface area contributed by atoms with Crippen LogP contribution in [0.1, 0.15) is 17.5 Å². The van der Waals surface area contributed by atoms with E-state index in [1.807, 2.05) is 17.1 Å². The molecule has 0 amide bonds. The van der Waals surface area contributed by atoms with Crippen LogP contribution in [0.4, 0.5) is 5.69 Å². The molecule has 102 valence electrons. The van der Waals surface area contributed by atoms with E-state index in [0.29, 0.717) is 5.56 Å². The first-order chi connectivity index (χ1) is 9.74. The molecule has 0 bridgehead atoms. The second kappa shape index (κ2) is 5.25. The Labute approximate surface area is 117 Å². The molecule has 20 heavy (non-hydrogen) atoms. The average Bonchev–Trinajstić information content (AvgIpc) is 2.46. The number of hydrazone groups is 1. The summed E-state index contributed by atoms with van der Waals surface area (Å²) in [7, 11) is 0. The minimum Gasteiger partial charge on any atom is -0.508 e. The number of rotatable bonds is 2. The molecule has 1 aliphatic heterocycles. The number of anilines is 1. The van der Waals surface area contributed by atoms with Gasteiger partial charge in [-0.1, -0.05) is 18.2 Å². The van der Waals surface area contributed by atoms with Crippen LogP contribution < -0.4 is 5.01 Å². The summed E-state index contributed by atoms with van der Waals surface area (Å²) in [6.07, 6.45) is 3.76. The van der Waals surface area contributed by atoms with Crippen LogP contribution in [0.3, 0.4) is 0 Å². The summed E-state index contributed by atoms with van der Waals surface area (Å²) < 4.78 is 0. The largest absolute Gasteiger partial charge is 0.508 e. The molecule has 0 saturated carbocycles. The number of phenolic OH excluding ortho intramolecular Hbond substituents is 2. The van der Waals surface area contributed by atoms with Crippen molar-refractivity contribution in [2.75, 3.05) is 11.6 Å². The number of phenols is 2. The Hall–Kier alpha value is -2.49. The van der Waals surface area contributed by atoms with Crippen molar-refractivity contribution in [2.24, 2.45) is 5.10 Å². The zero-order chi connectivity index (χ0) is 13.9. The maximum absolute atomic E-state index is 9.75. The lowest BCUT2D eigenvalue weighted by Crippen LogP contribution is -2.24. The van der Waals surface area contributed by atoms with Gasteiger partial charge in [0.05, 0.1) is 11.9 Å². The van der Waals surface area contributed by atoms with E-state index < -0.39 is 0 Å². The molecule has 4 heteroatoms. The van der Waals surface area contributed by atoms with Crippen molar-refractivity contribution in [2.45, 2.75) is 12.8 Å². The first-order valence-electron chi connectivity index (χ1n) is 6.65. The maximum Gasteiger partial charge on any atom is 0.128 e.